The molecule has 26 heavy (non-hydrogen) atoms. The van der Waals surface area contributed by atoms with E-state index in [4.69, 9.17) is 17.0 Å². The number of thioether (sulfide) groups is 1. The number of ether oxygens (including phenoxy) is 1. The Kier molecular flexibility index (Phi) is 7.82. The van der Waals surface area contributed by atoms with Crippen LogP contribution in [-0.2, 0) is 15.3 Å². The molecule has 0 aromatic heterocycles. The minimum atomic E-state index is -2.63. The molecule has 0 aliphatic carbocycles. The van der Waals surface area contributed by atoms with Crippen LogP contribution in [0.4, 0.5) is 5.69 Å². The van der Waals surface area contributed by atoms with Crippen LogP contribution in [-0.4, -0.2) is 63.1 Å². The maximum Gasteiger partial charge on any atom is 0.316 e. The molecule has 8 nitrogen and oxygen atoms in total. The summed E-state index contributed by atoms with van der Waals surface area (Å²) in [6.07, 6.45) is 0. The number of hydrogen-bond acceptors (Lipinski definition) is 8. The van der Waals surface area contributed by atoms with Crippen molar-refractivity contribution >= 4 is 51.2 Å². The van der Waals surface area contributed by atoms with Crippen LogP contribution in [0.25, 0.3) is 0 Å². The van der Waals surface area contributed by atoms with Crippen LogP contribution < -0.4 is 15.4 Å². The third-order valence-corrected chi connectivity index (χ3v) is 5.41. The van der Waals surface area contributed by atoms with E-state index in [1.54, 1.807) is 25.2 Å². The summed E-state index contributed by atoms with van der Waals surface area (Å²) in [6.45, 7) is 1.47. The lowest BCUT2D eigenvalue weighted by molar-refractivity contribution is -0.125. The monoisotopic (exact) mass is 416 g/mol. The summed E-state index contributed by atoms with van der Waals surface area (Å²) in [5, 5.41) is 5.61. The number of nitrogens with zero attached hydrogens (tertiary/aromatic N) is 2. The summed E-state index contributed by atoms with van der Waals surface area (Å²) >= 11 is 6.87. The first kappa shape index (κ1) is 20.6. The molecule has 1 unspecified atom stereocenters. The van der Waals surface area contributed by atoms with Gasteiger partial charge in [-0.2, -0.15) is 20.2 Å². The van der Waals surface area contributed by atoms with E-state index in [0.717, 1.165) is 24.6 Å². The predicted molar refractivity (Wildman–Crippen MR) is 105 cm³/mol. The van der Waals surface area contributed by atoms with Gasteiger partial charge in [0.05, 0.1) is 7.11 Å². The summed E-state index contributed by atoms with van der Waals surface area (Å²) in [7, 11) is 0.429. The fourth-order valence-corrected chi connectivity index (χ4v) is 3.97. The Labute approximate surface area is 163 Å². The second-order valence-electron chi connectivity index (χ2n) is 5.36. The van der Waals surface area contributed by atoms with Crippen LogP contribution in [0.15, 0.2) is 22.6 Å². The highest BCUT2D eigenvalue weighted by Crippen LogP contribution is 2.33. The van der Waals surface area contributed by atoms with E-state index in [1.165, 1.54) is 7.11 Å². The highest BCUT2D eigenvalue weighted by molar-refractivity contribution is 7.99. The third kappa shape index (κ3) is 5.40. The Balaban J connectivity index is 2.45. The number of carbonyl (C=O) groups is 1. The lowest BCUT2D eigenvalue weighted by atomic mass is 10.0. The molecule has 11 heteroatoms. The maximum absolute atomic E-state index is 12.8. The van der Waals surface area contributed by atoms with Crippen molar-refractivity contribution < 1.29 is 17.9 Å². The number of carbonyl (C=O) groups excluding carboxylic acids is 1. The molecule has 2 N–H and O–H groups in total. The average molecular weight is 417 g/mol. The van der Waals surface area contributed by atoms with Crippen LogP contribution in [0.5, 0.6) is 5.75 Å². The molecule has 142 valence electrons. The standard InChI is InChI=1S/C15H20N4O4S3/c1-16-15(24)17-14(20)13(19-5-7-25-8-6-19)10-3-4-12(23-2)11(9-10)18-26(21)22/h3-4,9,13H,5-8H2,1-2H3,(H2,16,17,20,24). The molecule has 1 aromatic rings. The highest BCUT2D eigenvalue weighted by atomic mass is 32.2. The minimum absolute atomic E-state index is 0.152. The summed E-state index contributed by atoms with van der Waals surface area (Å²) in [5.41, 5.74) is 0.775. The lowest BCUT2D eigenvalue weighted by Crippen LogP contribution is -2.47. The van der Waals surface area contributed by atoms with E-state index in [2.05, 4.69) is 15.0 Å². The summed E-state index contributed by atoms with van der Waals surface area (Å²) < 4.78 is 30.7. The van der Waals surface area contributed by atoms with Gasteiger partial charge in [-0.3, -0.25) is 9.69 Å². The fraction of sp³-hybridized carbons (Fsp3) is 0.467. The molecule has 0 radical (unpaired) electrons. The van der Waals surface area contributed by atoms with E-state index in [1.807, 2.05) is 16.7 Å². The average Bonchev–Trinajstić information content (AvgIpc) is 2.62. The molecule has 1 heterocycles. The SMILES string of the molecule is CNC(=S)NC(=O)C(c1ccc(OC)c(N=S(=O)=O)c1)N1CCSCC1. The van der Waals surface area contributed by atoms with Gasteiger partial charge in [-0.25, -0.2) is 0 Å². The van der Waals surface area contributed by atoms with Crippen molar-refractivity contribution in [2.45, 2.75) is 6.04 Å². The second-order valence-corrected chi connectivity index (χ2v) is 7.61. The number of amides is 1. The molecule has 0 bridgehead atoms. The lowest BCUT2D eigenvalue weighted by Gasteiger charge is -2.33. The van der Waals surface area contributed by atoms with E-state index >= 15 is 0 Å². The Bertz CT molecular complexity index is 799. The topological polar surface area (TPSA) is 100 Å². The van der Waals surface area contributed by atoms with Crippen LogP contribution in [0.3, 0.4) is 0 Å². The molecule has 0 saturated carbocycles. The van der Waals surface area contributed by atoms with Crippen molar-refractivity contribution in [1.29, 1.82) is 0 Å². The zero-order valence-electron chi connectivity index (χ0n) is 14.4. The van der Waals surface area contributed by atoms with Gasteiger partial charge in [0.2, 0.25) is 5.91 Å². The van der Waals surface area contributed by atoms with E-state index in [9.17, 15) is 13.2 Å². The van der Waals surface area contributed by atoms with Gasteiger partial charge in [0, 0.05) is 31.6 Å². The Hall–Kier alpha value is -1.69. The summed E-state index contributed by atoms with van der Waals surface area (Å²) in [5.74, 6) is 1.86. The van der Waals surface area contributed by atoms with E-state index in [0.29, 0.717) is 11.3 Å². The number of hydrogen-bond donors (Lipinski definition) is 2. The minimum Gasteiger partial charge on any atom is -0.494 e. The summed E-state index contributed by atoms with van der Waals surface area (Å²) in [4.78, 5) is 14.9. The van der Waals surface area contributed by atoms with Crippen molar-refractivity contribution in [2.24, 2.45) is 4.36 Å². The molecular formula is C15H20N4O4S3. The largest absolute Gasteiger partial charge is 0.494 e. The number of rotatable bonds is 5. The molecular weight excluding hydrogens is 396 g/mol. The van der Waals surface area contributed by atoms with Crippen molar-refractivity contribution in [3.8, 4) is 5.75 Å². The molecule has 1 atom stereocenters. The van der Waals surface area contributed by atoms with Crippen LogP contribution in [0.1, 0.15) is 11.6 Å². The van der Waals surface area contributed by atoms with Crippen molar-refractivity contribution in [2.75, 3.05) is 38.8 Å². The quantitative estimate of drug-likeness (QED) is 0.689. The number of methoxy groups -OCH3 is 1. The van der Waals surface area contributed by atoms with Gasteiger partial charge in [0.25, 0.3) is 0 Å². The van der Waals surface area contributed by atoms with Crippen molar-refractivity contribution in [3.05, 3.63) is 23.8 Å². The molecule has 1 amide bonds. The smallest absolute Gasteiger partial charge is 0.316 e. The van der Waals surface area contributed by atoms with Gasteiger partial charge in [0.15, 0.2) is 5.11 Å². The van der Waals surface area contributed by atoms with Gasteiger partial charge in [-0.05, 0) is 29.9 Å². The number of thiocarbonyl (C=S) groups is 1. The first-order valence-electron chi connectivity index (χ1n) is 7.79. The van der Waals surface area contributed by atoms with Gasteiger partial charge in [0.1, 0.15) is 17.5 Å². The van der Waals surface area contributed by atoms with Crippen molar-refractivity contribution in [1.82, 2.24) is 15.5 Å². The zero-order chi connectivity index (χ0) is 19.1. The molecule has 2 rings (SSSR count). The van der Waals surface area contributed by atoms with Gasteiger partial charge in [-0.15, -0.1) is 4.36 Å². The number of nitrogens with one attached hydrogen (secondary N) is 2. The second kappa shape index (κ2) is 9.86. The first-order chi connectivity index (χ1) is 12.5. The molecule has 0 spiro atoms. The molecule has 1 aliphatic heterocycles. The Morgan fingerprint density at radius 3 is 2.65 bits per heavy atom. The predicted octanol–water partition coefficient (Wildman–Crippen LogP) is 1.10. The van der Waals surface area contributed by atoms with E-state index in [-0.39, 0.29) is 16.7 Å². The van der Waals surface area contributed by atoms with Gasteiger partial charge >= 0.3 is 10.5 Å². The van der Waals surface area contributed by atoms with Gasteiger partial charge < -0.3 is 15.4 Å². The Morgan fingerprint density at radius 2 is 2.08 bits per heavy atom. The van der Waals surface area contributed by atoms with E-state index < -0.39 is 16.5 Å². The molecule has 1 aromatic carbocycles. The fourth-order valence-electron chi connectivity index (χ4n) is 2.64. The number of benzene rings is 1. The molecule has 1 saturated heterocycles. The summed E-state index contributed by atoms with van der Waals surface area (Å²) in [6, 6.07) is 4.29. The highest BCUT2D eigenvalue weighted by Gasteiger charge is 2.30. The molecule has 1 aliphatic rings. The molecule has 1 fully saturated rings. The zero-order valence-corrected chi connectivity index (χ0v) is 16.8. The maximum atomic E-state index is 12.8. The van der Waals surface area contributed by atoms with Crippen LogP contribution in [0, 0.1) is 0 Å². The Morgan fingerprint density at radius 1 is 1.38 bits per heavy atom. The third-order valence-electron chi connectivity index (χ3n) is 3.81. The van der Waals surface area contributed by atoms with Crippen LogP contribution >= 0.6 is 24.0 Å². The van der Waals surface area contributed by atoms with Crippen LogP contribution in [0.2, 0.25) is 0 Å². The van der Waals surface area contributed by atoms with Gasteiger partial charge in [-0.1, -0.05) is 6.07 Å². The van der Waals surface area contributed by atoms with Crippen molar-refractivity contribution in [3.63, 3.8) is 0 Å². The first-order valence-corrected chi connectivity index (χ1v) is 10.4. The normalized spacial score (nSPS) is 15.6.